The van der Waals surface area contributed by atoms with Crippen LogP contribution in [0.15, 0.2) is 18.2 Å². The Morgan fingerprint density at radius 3 is 2.00 bits per heavy atom. The molecule has 0 aliphatic heterocycles. The molecule has 10 heavy (non-hydrogen) atoms. The van der Waals surface area contributed by atoms with Gasteiger partial charge in [-0.05, 0) is 12.1 Å². The van der Waals surface area contributed by atoms with Crippen LogP contribution in [0.2, 0.25) is 0 Å². The molecule has 54 valence electrons. The maximum Gasteiger partial charge on any atom is 0.0514 e. The van der Waals surface area contributed by atoms with E-state index in [0.717, 1.165) is 5.56 Å². The first-order valence-electron chi connectivity index (χ1n) is 2.94. The summed E-state index contributed by atoms with van der Waals surface area (Å²) >= 11 is 5.58. The lowest BCUT2D eigenvalue weighted by molar-refractivity contribution is 1.41. The van der Waals surface area contributed by atoms with Gasteiger partial charge in [0.1, 0.15) is 0 Å². The Morgan fingerprint density at radius 2 is 1.70 bits per heavy atom. The molecule has 0 heterocycles. The van der Waals surface area contributed by atoms with Crippen molar-refractivity contribution >= 4 is 23.0 Å². The van der Waals surface area contributed by atoms with Crippen LogP contribution in [0, 0.1) is 0 Å². The lowest BCUT2D eigenvalue weighted by Gasteiger charge is -2.03. The number of rotatable bonds is 1. The van der Waals surface area contributed by atoms with Crippen LogP contribution in [0.1, 0.15) is 5.56 Å². The molecule has 0 aliphatic carbocycles. The second-order valence-corrected chi connectivity index (χ2v) is 2.32. The predicted molar refractivity (Wildman–Crippen MR) is 44.8 cm³/mol. The maximum atomic E-state index is 5.58. The molecule has 0 atom stereocenters. The Labute approximate surface area is 64.8 Å². The number of hydrogen-bond acceptors (Lipinski definition) is 2. The molecule has 1 rings (SSSR count). The first kappa shape index (κ1) is 7.22. The summed E-state index contributed by atoms with van der Waals surface area (Å²) in [4.78, 5) is 0. The van der Waals surface area contributed by atoms with Crippen molar-refractivity contribution < 1.29 is 0 Å². The first-order valence-corrected chi connectivity index (χ1v) is 3.48. The van der Waals surface area contributed by atoms with E-state index in [1.54, 1.807) is 18.2 Å². The molecule has 0 radical (unpaired) electrons. The van der Waals surface area contributed by atoms with Gasteiger partial charge in [-0.1, -0.05) is 6.07 Å². The molecule has 1 aromatic carbocycles. The van der Waals surface area contributed by atoms with E-state index in [2.05, 4.69) is 0 Å². The van der Waals surface area contributed by atoms with Crippen molar-refractivity contribution in [2.45, 2.75) is 5.88 Å². The second kappa shape index (κ2) is 2.80. The summed E-state index contributed by atoms with van der Waals surface area (Å²) in [6.07, 6.45) is 0. The van der Waals surface area contributed by atoms with Crippen LogP contribution in [0.5, 0.6) is 0 Å². The zero-order valence-corrected chi connectivity index (χ0v) is 6.23. The Morgan fingerprint density at radius 1 is 1.20 bits per heavy atom. The SMILES string of the molecule is Nc1cccc(N)c1CCl. The van der Waals surface area contributed by atoms with Crippen molar-refractivity contribution in [1.82, 2.24) is 0 Å². The Bertz CT molecular complexity index is 215. The molecule has 0 amide bonds. The Kier molecular flexibility index (Phi) is 2.02. The highest BCUT2D eigenvalue weighted by molar-refractivity contribution is 6.17. The molecule has 0 unspecified atom stereocenters. The van der Waals surface area contributed by atoms with Crippen LogP contribution in [0.4, 0.5) is 11.4 Å². The van der Waals surface area contributed by atoms with Gasteiger partial charge >= 0.3 is 0 Å². The molecule has 0 bridgehead atoms. The summed E-state index contributed by atoms with van der Waals surface area (Å²) in [5, 5.41) is 0. The van der Waals surface area contributed by atoms with Gasteiger partial charge in [0.2, 0.25) is 0 Å². The number of halogens is 1. The molecule has 0 aliphatic rings. The maximum absolute atomic E-state index is 5.58. The highest BCUT2D eigenvalue weighted by atomic mass is 35.5. The number of nitrogen functional groups attached to an aromatic ring is 2. The molecular weight excluding hydrogens is 148 g/mol. The van der Waals surface area contributed by atoms with Gasteiger partial charge in [0, 0.05) is 16.9 Å². The smallest absolute Gasteiger partial charge is 0.0514 e. The minimum Gasteiger partial charge on any atom is -0.398 e. The quantitative estimate of drug-likeness (QED) is 0.479. The Hall–Kier alpha value is -0.890. The van der Waals surface area contributed by atoms with Gasteiger partial charge < -0.3 is 11.5 Å². The van der Waals surface area contributed by atoms with E-state index in [9.17, 15) is 0 Å². The molecule has 2 nitrogen and oxygen atoms in total. The van der Waals surface area contributed by atoms with Gasteiger partial charge in [0.25, 0.3) is 0 Å². The summed E-state index contributed by atoms with van der Waals surface area (Å²) in [5.74, 6) is 0.374. The first-order chi connectivity index (χ1) is 4.75. The predicted octanol–water partition coefficient (Wildman–Crippen LogP) is 1.59. The minimum atomic E-state index is 0.374. The van der Waals surface area contributed by atoms with E-state index in [4.69, 9.17) is 23.1 Å². The molecule has 0 spiro atoms. The fourth-order valence-corrected chi connectivity index (χ4v) is 1.09. The van der Waals surface area contributed by atoms with Crippen LogP contribution < -0.4 is 11.5 Å². The summed E-state index contributed by atoms with van der Waals surface area (Å²) in [5.41, 5.74) is 13.3. The van der Waals surface area contributed by atoms with E-state index >= 15 is 0 Å². The number of nitrogens with two attached hydrogens (primary N) is 2. The van der Waals surface area contributed by atoms with E-state index in [-0.39, 0.29) is 0 Å². The molecule has 1 aromatic rings. The van der Waals surface area contributed by atoms with Crippen LogP contribution >= 0.6 is 11.6 Å². The van der Waals surface area contributed by atoms with Crippen molar-refractivity contribution in [2.75, 3.05) is 11.5 Å². The van der Waals surface area contributed by atoms with Gasteiger partial charge in [-0.25, -0.2) is 0 Å². The number of benzene rings is 1. The van der Waals surface area contributed by atoms with Gasteiger partial charge in [-0.2, -0.15) is 0 Å². The fraction of sp³-hybridized carbons (Fsp3) is 0.143. The second-order valence-electron chi connectivity index (χ2n) is 2.05. The number of anilines is 2. The highest BCUT2D eigenvalue weighted by Gasteiger charge is 1.99. The van der Waals surface area contributed by atoms with Crippen LogP contribution in [0.25, 0.3) is 0 Å². The molecular formula is C7H9ClN2. The van der Waals surface area contributed by atoms with Crippen LogP contribution in [-0.4, -0.2) is 0 Å². The fourth-order valence-electron chi connectivity index (χ4n) is 0.778. The van der Waals surface area contributed by atoms with Crippen molar-refractivity contribution in [2.24, 2.45) is 0 Å². The normalized spacial score (nSPS) is 9.70. The van der Waals surface area contributed by atoms with E-state index < -0.39 is 0 Å². The average molecular weight is 157 g/mol. The standard InChI is InChI=1S/C7H9ClN2/c8-4-5-6(9)2-1-3-7(5)10/h1-3H,4,9-10H2. The van der Waals surface area contributed by atoms with E-state index in [1.165, 1.54) is 0 Å². The molecule has 0 fully saturated rings. The Balaban J connectivity index is 3.17. The van der Waals surface area contributed by atoms with Crippen molar-refractivity contribution in [3.05, 3.63) is 23.8 Å². The average Bonchev–Trinajstić information content (AvgIpc) is 1.88. The van der Waals surface area contributed by atoms with E-state index in [1.807, 2.05) is 0 Å². The molecule has 0 saturated carbocycles. The van der Waals surface area contributed by atoms with Crippen LogP contribution in [-0.2, 0) is 5.88 Å². The summed E-state index contributed by atoms with van der Waals surface area (Å²) in [6, 6.07) is 5.38. The van der Waals surface area contributed by atoms with Crippen molar-refractivity contribution in [3.8, 4) is 0 Å². The van der Waals surface area contributed by atoms with Crippen LogP contribution in [0.3, 0.4) is 0 Å². The zero-order valence-electron chi connectivity index (χ0n) is 5.47. The summed E-state index contributed by atoms with van der Waals surface area (Å²) in [6.45, 7) is 0. The largest absolute Gasteiger partial charge is 0.398 e. The third kappa shape index (κ3) is 1.16. The van der Waals surface area contributed by atoms with Gasteiger partial charge in [-0.3, -0.25) is 0 Å². The lowest BCUT2D eigenvalue weighted by Crippen LogP contribution is -1.96. The topological polar surface area (TPSA) is 52.0 Å². The van der Waals surface area contributed by atoms with Gasteiger partial charge in [0.15, 0.2) is 0 Å². The lowest BCUT2D eigenvalue weighted by atomic mass is 10.2. The third-order valence-electron chi connectivity index (χ3n) is 1.38. The number of alkyl halides is 1. The molecule has 3 heteroatoms. The summed E-state index contributed by atoms with van der Waals surface area (Å²) < 4.78 is 0. The summed E-state index contributed by atoms with van der Waals surface area (Å²) in [7, 11) is 0. The van der Waals surface area contributed by atoms with Crippen molar-refractivity contribution in [1.29, 1.82) is 0 Å². The van der Waals surface area contributed by atoms with Gasteiger partial charge in [-0.15, -0.1) is 11.6 Å². The highest BCUT2D eigenvalue weighted by Crippen LogP contribution is 2.20. The third-order valence-corrected chi connectivity index (χ3v) is 1.65. The van der Waals surface area contributed by atoms with E-state index in [0.29, 0.717) is 17.3 Å². The molecule has 4 N–H and O–H groups in total. The van der Waals surface area contributed by atoms with Crippen molar-refractivity contribution in [3.63, 3.8) is 0 Å². The minimum absolute atomic E-state index is 0.374. The number of hydrogen-bond donors (Lipinski definition) is 2. The molecule has 0 saturated heterocycles. The van der Waals surface area contributed by atoms with Gasteiger partial charge in [0.05, 0.1) is 5.88 Å². The monoisotopic (exact) mass is 156 g/mol. The molecule has 0 aromatic heterocycles. The zero-order chi connectivity index (χ0) is 7.56.